The summed E-state index contributed by atoms with van der Waals surface area (Å²) in [6.45, 7) is 2.47. The Bertz CT molecular complexity index is 730. The van der Waals surface area contributed by atoms with Crippen molar-refractivity contribution < 1.29 is 4.79 Å². The van der Waals surface area contributed by atoms with E-state index in [9.17, 15) is 4.79 Å². The molecule has 126 valence electrons. The van der Waals surface area contributed by atoms with E-state index in [1.165, 1.54) is 16.8 Å². The van der Waals surface area contributed by atoms with Crippen LogP contribution in [0.2, 0.25) is 0 Å². The van der Waals surface area contributed by atoms with Crippen LogP contribution in [0.25, 0.3) is 0 Å². The van der Waals surface area contributed by atoms with Crippen LogP contribution < -0.4 is 5.32 Å². The zero-order valence-electron chi connectivity index (χ0n) is 14.1. The summed E-state index contributed by atoms with van der Waals surface area (Å²) in [5.74, 6) is 0.773. The van der Waals surface area contributed by atoms with Crippen molar-refractivity contribution in [2.24, 2.45) is 7.05 Å². The van der Waals surface area contributed by atoms with Crippen molar-refractivity contribution in [1.29, 1.82) is 0 Å². The number of carbonyl (C=O) groups excluding carboxylic acids is 1. The van der Waals surface area contributed by atoms with E-state index in [4.69, 9.17) is 0 Å². The van der Waals surface area contributed by atoms with Gasteiger partial charge in [-0.3, -0.25) is 9.48 Å². The molecule has 1 atom stereocenters. The maximum Gasteiger partial charge on any atom is 0.240 e. The fourth-order valence-corrected chi connectivity index (χ4v) is 4.03. The highest BCUT2D eigenvalue weighted by molar-refractivity contribution is 5.82. The molecule has 0 radical (unpaired) electrons. The van der Waals surface area contributed by atoms with E-state index < -0.39 is 0 Å². The zero-order chi connectivity index (χ0) is 16.5. The molecule has 0 saturated carbocycles. The molecule has 1 aromatic carbocycles. The molecule has 3 heterocycles. The Hall–Kier alpha value is -2.14. The van der Waals surface area contributed by atoms with Gasteiger partial charge >= 0.3 is 0 Å². The molecule has 2 aromatic rings. The lowest BCUT2D eigenvalue weighted by molar-refractivity contribution is -0.134. The molecular weight excluding hydrogens is 300 g/mol. The third-order valence-corrected chi connectivity index (χ3v) is 5.46. The van der Waals surface area contributed by atoms with Crippen LogP contribution in [0.15, 0.2) is 36.5 Å². The van der Waals surface area contributed by atoms with E-state index in [0.717, 1.165) is 38.9 Å². The summed E-state index contributed by atoms with van der Waals surface area (Å²) < 4.78 is 1.96. The average molecular weight is 324 g/mol. The first-order valence-corrected chi connectivity index (χ1v) is 8.79. The molecule has 1 saturated heterocycles. The SMILES string of the molecule is Cn1nccc1C1CCN(C(=O)C2Cc3ccccc3CN2)CC1. The Kier molecular flexibility index (Phi) is 4.10. The van der Waals surface area contributed by atoms with Crippen molar-refractivity contribution in [3.05, 3.63) is 53.3 Å². The molecule has 1 unspecified atom stereocenters. The Morgan fingerprint density at radius 1 is 1.17 bits per heavy atom. The van der Waals surface area contributed by atoms with Gasteiger partial charge in [-0.1, -0.05) is 24.3 Å². The van der Waals surface area contributed by atoms with E-state index in [1.807, 2.05) is 22.8 Å². The minimum atomic E-state index is -0.0758. The summed E-state index contributed by atoms with van der Waals surface area (Å²) >= 11 is 0. The number of likely N-dealkylation sites (tertiary alicyclic amines) is 1. The smallest absolute Gasteiger partial charge is 0.240 e. The van der Waals surface area contributed by atoms with Crippen molar-refractivity contribution in [3.63, 3.8) is 0 Å². The van der Waals surface area contributed by atoms with Gasteiger partial charge in [-0.05, 0) is 36.5 Å². The Balaban J connectivity index is 1.38. The zero-order valence-corrected chi connectivity index (χ0v) is 14.1. The number of fused-ring (bicyclic) bond motifs is 1. The van der Waals surface area contributed by atoms with Crippen LogP contribution in [0.1, 0.15) is 35.6 Å². The summed E-state index contributed by atoms with van der Waals surface area (Å²) in [7, 11) is 2.00. The molecule has 0 aliphatic carbocycles. The molecule has 5 heteroatoms. The highest BCUT2D eigenvalue weighted by atomic mass is 16.2. The third-order valence-electron chi connectivity index (χ3n) is 5.46. The summed E-state index contributed by atoms with van der Waals surface area (Å²) in [4.78, 5) is 14.9. The van der Waals surface area contributed by atoms with Gasteiger partial charge in [0.15, 0.2) is 0 Å². The number of carbonyl (C=O) groups is 1. The monoisotopic (exact) mass is 324 g/mol. The fourth-order valence-electron chi connectivity index (χ4n) is 4.03. The Labute approximate surface area is 142 Å². The van der Waals surface area contributed by atoms with E-state index in [0.29, 0.717) is 5.92 Å². The second kappa shape index (κ2) is 6.40. The first-order chi connectivity index (χ1) is 11.7. The van der Waals surface area contributed by atoms with Crippen molar-refractivity contribution in [2.45, 2.75) is 37.8 Å². The van der Waals surface area contributed by atoms with Crippen LogP contribution in [0.4, 0.5) is 0 Å². The molecule has 2 aliphatic heterocycles. The van der Waals surface area contributed by atoms with Gasteiger partial charge in [0.1, 0.15) is 0 Å². The van der Waals surface area contributed by atoms with Gasteiger partial charge in [0.05, 0.1) is 6.04 Å². The lowest BCUT2D eigenvalue weighted by Crippen LogP contribution is -2.51. The number of hydrogen-bond acceptors (Lipinski definition) is 3. The Morgan fingerprint density at radius 2 is 1.92 bits per heavy atom. The van der Waals surface area contributed by atoms with Crippen LogP contribution in [-0.2, 0) is 24.8 Å². The van der Waals surface area contributed by atoms with E-state index in [-0.39, 0.29) is 11.9 Å². The molecule has 4 rings (SSSR count). The normalized spacial score (nSPS) is 21.5. The number of rotatable bonds is 2. The van der Waals surface area contributed by atoms with Crippen molar-refractivity contribution in [1.82, 2.24) is 20.0 Å². The Morgan fingerprint density at radius 3 is 2.62 bits per heavy atom. The molecule has 1 N–H and O–H groups in total. The van der Waals surface area contributed by atoms with Gasteiger partial charge in [0.2, 0.25) is 5.91 Å². The molecule has 5 nitrogen and oxygen atoms in total. The summed E-state index contributed by atoms with van der Waals surface area (Å²) in [5.41, 5.74) is 3.91. The van der Waals surface area contributed by atoms with Crippen molar-refractivity contribution in [2.75, 3.05) is 13.1 Å². The minimum absolute atomic E-state index is 0.0758. The number of amides is 1. The van der Waals surface area contributed by atoms with Crippen LogP contribution in [0.5, 0.6) is 0 Å². The molecule has 1 amide bonds. The van der Waals surface area contributed by atoms with E-state index >= 15 is 0 Å². The molecule has 0 spiro atoms. The topological polar surface area (TPSA) is 50.2 Å². The van der Waals surface area contributed by atoms with Gasteiger partial charge < -0.3 is 10.2 Å². The highest BCUT2D eigenvalue weighted by Crippen LogP contribution is 2.28. The third kappa shape index (κ3) is 2.84. The van der Waals surface area contributed by atoms with Crippen LogP contribution >= 0.6 is 0 Å². The lowest BCUT2D eigenvalue weighted by atomic mass is 9.91. The summed E-state index contributed by atoms with van der Waals surface area (Å²) in [6, 6.07) is 10.4. The molecule has 1 aromatic heterocycles. The molecular formula is C19H24N4O. The van der Waals surface area contributed by atoms with Gasteiger partial charge in [-0.15, -0.1) is 0 Å². The fraction of sp³-hybridized carbons (Fsp3) is 0.474. The van der Waals surface area contributed by atoms with Crippen LogP contribution in [-0.4, -0.2) is 39.7 Å². The predicted molar refractivity (Wildman–Crippen MR) is 92.5 cm³/mol. The maximum absolute atomic E-state index is 12.9. The molecule has 0 bridgehead atoms. The lowest BCUT2D eigenvalue weighted by Gasteiger charge is -2.36. The molecule has 2 aliphatic rings. The van der Waals surface area contributed by atoms with Gasteiger partial charge in [-0.25, -0.2) is 0 Å². The number of aryl methyl sites for hydroxylation is 1. The van der Waals surface area contributed by atoms with Gasteiger partial charge in [0, 0.05) is 44.5 Å². The number of nitrogens with one attached hydrogen (secondary N) is 1. The minimum Gasteiger partial charge on any atom is -0.341 e. The second-order valence-corrected chi connectivity index (χ2v) is 6.89. The quantitative estimate of drug-likeness (QED) is 0.917. The summed E-state index contributed by atoms with van der Waals surface area (Å²) in [6.07, 6.45) is 4.70. The predicted octanol–water partition coefficient (Wildman–Crippen LogP) is 1.84. The first-order valence-electron chi connectivity index (χ1n) is 8.79. The molecule has 1 fully saturated rings. The number of hydrogen-bond donors (Lipinski definition) is 1. The first kappa shape index (κ1) is 15.4. The van der Waals surface area contributed by atoms with Crippen LogP contribution in [0.3, 0.4) is 0 Å². The van der Waals surface area contributed by atoms with Crippen LogP contribution in [0, 0.1) is 0 Å². The summed E-state index contributed by atoms with van der Waals surface area (Å²) in [5, 5.41) is 7.68. The number of benzene rings is 1. The number of nitrogens with zero attached hydrogens (tertiary/aromatic N) is 3. The van der Waals surface area contributed by atoms with Crippen molar-refractivity contribution in [3.8, 4) is 0 Å². The number of aromatic nitrogens is 2. The number of piperidine rings is 1. The standard InChI is InChI=1S/C19H24N4O/c1-22-18(6-9-21-22)14-7-10-23(11-8-14)19(24)17-12-15-4-2-3-5-16(15)13-20-17/h2-6,9,14,17,20H,7-8,10-13H2,1H3. The highest BCUT2D eigenvalue weighted by Gasteiger charge is 2.31. The average Bonchev–Trinajstić information content (AvgIpc) is 3.07. The van der Waals surface area contributed by atoms with Crippen molar-refractivity contribution >= 4 is 5.91 Å². The van der Waals surface area contributed by atoms with E-state index in [1.54, 1.807) is 0 Å². The van der Waals surface area contributed by atoms with E-state index in [2.05, 4.69) is 40.7 Å². The van der Waals surface area contributed by atoms with Gasteiger partial charge in [0.25, 0.3) is 0 Å². The largest absolute Gasteiger partial charge is 0.341 e. The van der Waals surface area contributed by atoms with Gasteiger partial charge in [-0.2, -0.15) is 5.10 Å². The maximum atomic E-state index is 12.9. The second-order valence-electron chi connectivity index (χ2n) is 6.89. The molecule has 24 heavy (non-hydrogen) atoms.